The Bertz CT molecular complexity index is 941. The van der Waals surface area contributed by atoms with Gasteiger partial charge < -0.3 is 5.32 Å². The molecular weight excluding hydrogens is 360 g/mol. The fraction of sp³-hybridized carbons (Fsp3) is 0.278. The van der Waals surface area contributed by atoms with Crippen LogP contribution in [0.25, 0.3) is 0 Å². The van der Waals surface area contributed by atoms with Gasteiger partial charge in [0.1, 0.15) is 0 Å². The number of aryl methyl sites for hydroxylation is 2. The van der Waals surface area contributed by atoms with Crippen molar-refractivity contribution in [2.75, 3.05) is 21.9 Å². The second kappa shape index (κ2) is 6.69. The molecule has 5 nitrogen and oxygen atoms in total. The van der Waals surface area contributed by atoms with E-state index in [1.165, 1.54) is 4.31 Å². The molecule has 7 heteroatoms. The topological polar surface area (TPSA) is 66.5 Å². The van der Waals surface area contributed by atoms with Crippen molar-refractivity contribution in [2.45, 2.75) is 20.3 Å². The first-order valence-corrected chi connectivity index (χ1v) is 9.95. The van der Waals surface area contributed by atoms with Gasteiger partial charge in [-0.25, -0.2) is 8.42 Å². The highest BCUT2D eigenvalue weighted by Crippen LogP contribution is 2.33. The van der Waals surface area contributed by atoms with Crippen LogP contribution >= 0.6 is 11.6 Å². The summed E-state index contributed by atoms with van der Waals surface area (Å²) in [4.78, 5) is 12.4. The van der Waals surface area contributed by atoms with E-state index in [2.05, 4.69) is 5.32 Å². The van der Waals surface area contributed by atoms with Gasteiger partial charge in [0.2, 0.25) is 10.0 Å². The quantitative estimate of drug-likeness (QED) is 0.884. The molecule has 0 atom stereocenters. The van der Waals surface area contributed by atoms with Gasteiger partial charge in [-0.2, -0.15) is 0 Å². The maximum Gasteiger partial charge on any atom is 0.255 e. The molecule has 0 bridgehead atoms. The van der Waals surface area contributed by atoms with Gasteiger partial charge in [0, 0.05) is 17.8 Å². The molecule has 2 aromatic carbocycles. The maximum absolute atomic E-state index is 12.4. The molecule has 1 heterocycles. The van der Waals surface area contributed by atoms with Gasteiger partial charge in [-0.3, -0.25) is 9.10 Å². The van der Waals surface area contributed by atoms with Crippen molar-refractivity contribution >= 4 is 38.9 Å². The Kier molecular flexibility index (Phi) is 4.75. The summed E-state index contributed by atoms with van der Waals surface area (Å²) in [7, 11) is -3.29. The van der Waals surface area contributed by atoms with Crippen molar-refractivity contribution in [3.8, 4) is 0 Å². The smallest absolute Gasteiger partial charge is 0.255 e. The van der Waals surface area contributed by atoms with Gasteiger partial charge in [-0.05, 0) is 61.7 Å². The average molecular weight is 379 g/mol. The molecule has 1 fully saturated rings. The van der Waals surface area contributed by atoms with Crippen LogP contribution in [0.2, 0.25) is 5.02 Å². The molecule has 1 saturated heterocycles. The highest BCUT2D eigenvalue weighted by atomic mass is 35.5. The lowest BCUT2D eigenvalue weighted by atomic mass is 10.1. The number of carbonyl (C=O) groups excluding carboxylic acids is 1. The lowest BCUT2D eigenvalue weighted by Crippen LogP contribution is -2.25. The van der Waals surface area contributed by atoms with Crippen molar-refractivity contribution in [1.82, 2.24) is 0 Å². The first-order valence-electron chi connectivity index (χ1n) is 7.96. The second-order valence-electron chi connectivity index (χ2n) is 6.16. The molecule has 0 radical (unpaired) electrons. The van der Waals surface area contributed by atoms with Crippen LogP contribution in [-0.2, 0) is 10.0 Å². The molecule has 1 aliphatic heterocycles. The van der Waals surface area contributed by atoms with Crippen LogP contribution in [0.15, 0.2) is 36.4 Å². The van der Waals surface area contributed by atoms with Crippen molar-refractivity contribution in [3.63, 3.8) is 0 Å². The summed E-state index contributed by atoms with van der Waals surface area (Å²) >= 11 is 6.25. The third-order valence-electron chi connectivity index (χ3n) is 4.34. The SMILES string of the molecule is Cc1ccc(C(=O)Nc2ccc(N3CCCS3(=O)=O)c(Cl)c2)cc1C. The molecule has 2 aromatic rings. The molecule has 25 heavy (non-hydrogen) atoms. The Balaban J connectivity index is 1.81. The Morgan fingerprint density at radius 3 is 2.48 bits per heavy atom. The summed E-state index contributed by atoms with van der Waals surface area (Å²) in [6, 6.07) is 10.4. The normalized spacial score (nSPS) is 16.0. The zero-order valence-electron chi connectivity index (χ0n) is 14.0. The fourth-order valence-corrected chi connectivity index (χ4v) is 4.70. The van der Waals surface area contributed by atoms with Crippen LogP contribution in [0.3, 0.4) is 0 Å². The Hall–Kier alpha value is -2.05. The Morgan fingerprint density at radius 2 is 1.88 bits per heavy atom. The minimum atomic E-state index is -3.29. The Morgan fingerprint density at radius 1 is 1.12 bits per heavy atom. The number of hydrogen-bond donors (Lipinski definition) is 1. The highest BCUT2D eigenvalue weighted by Gasteiger charge is 2.29. The first-order chi connectivity index (χ1) is 11.8. The Labute approximate surface area is 152 Å². The molecule has 1 aliphatic rings. The lowest BCUT2D eigenvalue weighted by molar-refractivity contribution is 0.102. The van der Waals surface area contributed by atoms with Crippen LogP contribution < -0.4 is 9.62 Å². The molecule has 0 spiro atoms. The standard InChI is InChI=1S/C18H19ClN2O3S/c1-12-4-5-14(10-13(12)2)18(22)20-15-6-7-17(16(19)11-15)21-8-3-9-25(21,23)24/h4-7,10-11H,3,8-9H2,1-2H3,(H,20,22). The number of rotatable bonds is 3. The summed E-state index contributed by atoms with van der Waals surface area (Å²) < 4.78 is 25.4. The highest BCUT2D eigenvalue weighted by molar-refractivity contribution is 7.93. The van der Waals surface area contributed by atoms with Crippen molar-refractivity contribution in [3.05, 3.63) is 58.1 Å². The van der Waals surface area contributed by atoms with Crippen LogP contribution in [0.5, 0.6) is 0 Å². The minimum absolute atomic E-state index is 0.134. The van der Waals surface area contributed by atoms with E-state index < -0.39 is 10.0 Å². The van der Waals surface area contributed by atoms with E-state index in [9.17, 15) is 13.2 Å². The van der Waals surface area contributed by atoms with Gasteiger partial charge in [0.05, 0.1) is 16.5 Å². The molecule has 0 aromatic heterocycles. The number of nitrogens with one attached hydrogen (secondary N) is 1. The van der Waals surface area contributed by atoms with Crippen molar-refractivity contribution in [1.29, 1.82) is 0 Å². The van der Waals surface area contributed by atoms with Gasteiger partial charge in [-0.15, -0.1) is 0 Å². The molecule has 3 rings (SSSR count). The van der Waals surface area contributed by atoms with E-state index in [0.717, 1.165) is 11.1 Å². The average Bonchev–Trinajstić information content (AvgIpc) is 2.89. The monoisotopic (exact) mass is 378 g/mol. The molecule has 0 unspecified atom stereocenters. The predicted molar refractivity (Wildman–Crippen MR) is 101 cm³/mol. The molecule has 1 N–H and O–H groups in total. The predicted octanol–water partition coefficient (Wildman–Crippen LogP) is 3.75. The number of sulfonamides is 1. The number of benzene rings is 2. The van der Waals surface area contributed by atoms with E-state index in [0.29, 0.717) is 34.9 Å². The zero-order chi connectivity index (χ0) is 18.2. The van der Waals surface area contributed by atoms with Crippen LogP contribution in [-0.4, -0.2) is 26.6 Å². The number of hydrogen-bond acceptors (Lipinski definition) is 3. The molecule has 132 valence electrons. The molecule has 0 saturated carbocycles. The molecule has 0 aliphatic carbocycles. The van der Waals surface area contributed by atoms with Crippen LogP contribution in [0.4, 0.5) is 11.4 Å². The van der Waals surface area contributed by atoms with Crippen LogP contribution in [0.1, 0.15) is 27.9 Å². The first kappa shape index (κ1) is 17.8. The van der Waals surface area contributed by atoms with E-state index >= 15 is 0 Å². The van der Waals surface area contributed by atoms with E-state index in [4.69, 9.17) is 11.6 Å². The number of nitrogens with zero attached hydrogens (tertiary/aromatic N) is 1. The van der Waals surface area contributed by atoms with Gasteiger partial charge in [0.25, 0.3) is 5.91 Å². The van der Waals surface area contributed by atoms with Crippen molar-refractivity contribution in [2.24, 2.45) is 0 Å². The molecular formula is C18H19ClN2O3S. The number of carbonyl (C=O) groups is 1. The second-order valence-corrected chi connectivity index (χ2v) is 8.58. The van der Waals surface area contributed by atoms with Gasteiger partial charge >= 0.3 is 0 Å². The number of anilines is 2. The lowest BCUT2D eigenvalue weighted by Gasteiger charge is -2.19. The van der Waals surface area contributed by atoms with Gasteiger partial charge in [-0.1, -0.05) is 17.7 Å². The summed E-state index contributed by atoms with van der Waals surface area (Å²) in [5, 5.41) is 3.09. The van der Waals surface area contributed by atoms with Gasteiger partial charge in [0.15, 0.2) is 0 Å². The maximum atomic E-state index is 12.4. The van der Waals surface area contributed by atoms with E-state index in [1.807, 2.05) is 26.0 Å². The fourth-order valence-electron chi connectivity index (χ4n) is 2.78. The third-order valence-corrected chi connectivity index (χ3v) is 6.50. The summed E-state index contributed by atoms with van der Waals surface area (Å²) in [6.45, 7) is 4.37. The number of amides is 1. The molecule has 1 amide bonds. The third kappa shape index (κ3) is 3.65. The number of halogens is 1. The summed E-state index contributed by atoms with van der Waals surface area (Å²) in [5.41, 5.74) is 3.69. The van der Waals surface area contributed by atoms with Crippen molar-refractivity contribution < 1.29 is 13.2 Å². The zero-order valence-corrected chi connectivity index (χ0v) is 15.6. The minimum Gasteiger partial charge on any atom is -0.322 e. The van der Waals surface area contributed by atoms with Crippen LogP contribution in [0, 0.1) is 13.8 Å². The summed E-state index contributed by atoms with van der Waals surface area (Å²) in [5.74, 6) is -0.102. The largest absolute Gasteiger partial charge is 0.322 e. The van der Waals surface area contributed by atoms with E-state index in [-0.39, 0.29) is 11.7 Å². The summed E-state index contributed by atoms with van der Waals surface area (Å²) in [6.07, 6.45) is 0.587. The van der Waals surface area contributed by atoms with E-state index in [1.54, 1.807) is 24.3 Å².